The minimum absolute atomic E-state index is 0.0601. The summed E-state index contributed by atoms with van der Waals surface area (Å²) in [4.78, 5) is 15.4. The minimum Gasteiger partial charge on any atom is -0.378 e. The number of anilines is 2. The number of nitrogens with zero attached hydrogens (tertiary/aromatic N) is 7. The second-order valence-corrected chi connectivity index (χ2v) is 8.58. The van der Waals surface area contributed by atoms with Gasteiger partial charge in [-0.05, 0) is 53.2 Å². The van der Waals surface area contributed by atoms with Gasteiger partial charge in [-0.25, -0.2) is 10.1 Å². The Morgan fingerprint density at radius 3 is 2.74 bits per heavy atom. The molecule has 0 saturated carbocycles. The van der Waals surface area contributed by atoms with Crippen LogP contribution in [0.5, 0.6) is 0 Å². The number of rotatable bonds is 5. The number of nitrogens with two attached hydrogens (primary N) is 1. The first-order chi connectivity index (χ1) is 17.2. The van der Waals surface area contributed by atoms with Gasteiger partial charge < -0.3 is 10.6 Å². The lowest BCUT2D eigenvalue weighted by molar-refractivity contribution is 0.0948. The van der Waals surface area contributed by atoms with E-state index in [0.29, 0.717) is 12.2 Å². The normalized spacial score (nSPS) is 15.8. The van der Waals surface area contributed by atoms with Crippen LogP contribution >= 0.6 is 0 Å². The molecular formula is C24H23N9O2. The van der Waals surface area contributed by atoms with Crippen LogP contribution in [-0.4, -0.2) is 43.5 Å². The molecule has 0 atom stereocenters. The Morgan fingerprint density at radius 1 is 1.06 bits per heavy atom. The number of nitrogens with one attached hydrogen (secondary N) is 1. The summed E-state index contributed by atoms with van der Waals surface area (Å²) in [6.45, 7) is 1.20. The molecule has 35 heavy (non-hydrogen) atoms. The second kappa shape index (κ2) is 8.67. The Morgan fingerprint density at radius 2 is 1.89 bits per heavy atom. The predicted octanol–water partition coefficient (Wildman–Crippen LogP) is 2.27. The molecule has 11 nitrogen and oxygen atoms in total. The zero-order chi connectivity index (χ0) is 23.8. The fraction of sp³-hybridized carbons (Fsp3) is 0.250. The molecule has 1 aliphatic carbocycles. The molecule has 1 amide bonds. The van der Waals surface area contributed by atoms with Gasteiger partial charge in [0.25, 0.3) is 5.91 Å². The molecule has 2 aliphatic rings. The Labute approximate surface area is 200 Å². The largest absolute Gasteiger partial charge is 0.378 e. The topological polar surface area (TPSA) is 140 Å². The molecule has 0 bridgehead atoms. The van der Waals surface area contributed by atoms with Gasteiger partial charge in [-0.1, -0.05) is 47.7 Å². The standard InChI is InChI=1S/C24H23N9O2/c25-22-23(30-35-29-22)33-20(14-32-13-5-8-16-7-2-4-10-19(16)32)21(27-31-33)24(34)28-26-18-12-11-15-6-1-3-9-17(15)18/h1-4,6-7,9-10H,5,8,11-14H2,(H2,25,29)(H,28,34)/b26-18+. The number of fused-ring (bicyclic) bond motifs is 2. The van der Waals surface area contributed by atoms with Crippen molar-refractivity contribution in [2.75, 3.05) is 17.2 Å². The van der Waals surface area contributed by atoms with Crippen LogP contribution in [0, 0.1) is 0 Å². The van der Waals surface area contributed by atoms with E-state index in [4.69, 9.17) is 10.4 Å². The Bertz CT molecular complexity index is 1440. The molecule has 0 radical (unpaired) electrons. The van der Waals surface area contributed by atoms with E-state index >= 15 is 0 Å². The number of hydrogen-bond acceptors (Lipinski definition) is 9. The third-order valence-corrected chi connectivity index (χ3v) is 6.47. The van der Waals surface area contributed by atoms with Crippen LogP contribution in [0.3, 0.4) is 0 Å². The number of hydrazone groups is 1. The van der Waals surface area contributed by atoms with Crippen molar-refractivity contribution in [1.82, 2.24) is 30.7 Å². The number of carbonyl (C=O) groups excluding carboxylic acids is 1. The van der Waals surface area contributed by atoms with Crippen LogP contribution in [0.2, 0.25) is 0 Å². The molecule has 0 spiro atoms. The number of aryl methyl sites for hydroxylation is 2. The van der Waals surface area contributed by atoms with Gasteiger partial charge >= 0.3 is 0 Å². The lowest BCUT2D eigenvalue weighted by Crippen LogP contribution is -2.31. The van der Waals surface area contributed by atoms with Crippen LogP contribution in [-0.2, 0) is 19.4 Å². The molecular weight excluding hydrogens is 446 g/mol. The molecule has 0 fully saturated rings. The van der Waals surface area contributed by atoms with Crippen molar-refractivity contribution < 1.29 is 9.42 Å². The average molecular weight is 470 g/mol. The SMILES string of the molecule is Nc1nonc1-n1nnc(C(=O)N/N=C2\CCc3ccccc32)c1CN1CCCc2ccccc21. The summed E-state index contributed by atoms with van der Waals surface area (Å²) in [6, 6.07) is 16.3. The highest BCUT2D eigenvalue weighted by Crippen LogP contribution is 2.29. The van der Waals surface area contributed by atoms with Crippen LogP contribution in [0.15, 0.2) is 58.3 Å². The van der Waals surface area contributed by atoms with Crippen LogP contribution < -0.4 is 16.1 Å². The maximum atomic E-state index is 13.2. The number of carbonyl (C=O) groups is 1. The third-order valence-electron chi connectivity index (χ3n) is 6.47. The number of benzene rings is 2. The van der Waals surface area contributed by atoms with Crippen LogP contribution in [0.25, 0.3) is 5.82 Å². The zero-order valence-corrected chi connectivity index (χ0v) is 18.9. The maximum absolute atomic E-state index is 13.2. The van der Waals surface area contributed by atoms with Crippen molar-refractivity contribution in [3.63, 3.8) is 0 Å². The quantitative estimate of drug-likeness (QED) is 0.424. The average Bonchev–Trinajstić information content (AvgIpc) is 3.61. The van der Waals surface area contributed by atoms with Gasteiger partial charge in [0.05, 0.1) is 18.0 Å². The minimum atomic E-state index is -0.455. The molecule has 176 valence electrons. The van der Waals surface area contributed by atoms with Gasteiger partial charge in [0.2, 0.25) is 11.6 Å². The van der Waals surface area contributed by atoms with E-state index < -0.39 is 5.91 Å². The summed E-state index contributed by atoms with van der Waals surface area (Å²) in [5, 5.41) is 20.2. The summed E-state index contributed by atoms with van der Waals surface area (Å²) in [5.74, 6) is -0.207. The first kappa shape index (κ1) is 21.0. The molecule has 3 heterocycles. The van der Waals surface area contributed by atoms with Crippen LogP contribution in [0.1, 0.15) is 45.7 Å². The fourth-order valence-corrected chi connectivity index (χ4v) is 4.78. The molecule has 6 rings (SSSR count). The maximum Gasteiger partial charge on any atom is 0.293 e. The highest BCUT2D eigenvalue weighted by molar-refractivity contribution is 6.05. The number of nitrogen functional groups attached to an aromatic ring is 1. The Hall–Kier alpha value is -4.54. The zero-order valence-electron chi connectivity index (χ0n) is 18.9. The van der Waals surface area contributed by atoms with Gasteiger partial charge in [-0.3, -0.25) is 4.79 Å². The van der Waals surface area contributed by atoms with E-state index in [1.807, 2.05) is 30.3 Å². The highest BCUT2D eigenvalue weighted by Gasteiger charge is 2.27. The molecule has 4 aromatic rings. The summed E-state index contributed by atoms with van der Waals surface area (Å²) in [7, 11) is 0. The van der Waals surface area contributed by atoms with E-state index in [2.05, 4.69) is 54.3 Å². The lowest BCUT2D eigenvalue weighted by Gasteiger charge is -2.31. The van der Waals surface area contributed by atoms with Gasteiger partial charge in [0.1, 0.15) is 0 Å². The number of aromatic nitrogens is 5. The van der Waals surface area contributed by atoms with Gasteiger partial charge in [0, 0.05) is 17.8 Å². The highest BCUT2D eigenvalue weighted by atomic mass is 16.6. The number of hydrogen-bond donors (Lipinski definition) is 2. The third kappa shape index (κ3) is 3.80. The van der Waals surface area contributed by atoms with Crippen molar-refractivity contribution in [1.29, 1.82) is 0 Å². The van der Waals surface area contributed by atoms with E-state index in [1.54, 1.807) is 0 Å². The smallest absolute Gasteiger partial charge is 0.293 e. The molecule has 1 aliphatic heterocycles. The van der Waals surface area contributed by atoms with E-state index in [1.165, 1.54) is 15.8 Å². The first-order valence-corrected chi connectivity index (χ1v) is 11.5. The van der Waals surface area contributed by atoms with Crippen molar-refractivity contribution >= 4 is 23.1 Å². The van der Waals surface area contributed by atoms with E-state index in [0.717, 1.165) is 49.2 Å². The van der Waals surface area contributed by atoms with Crippen molar-refractivity contribution in [3.8, 4) is 5.82 Å². The van der Waals surface area contributed by atoms with E-state index in [9.17, 15) is 4.79 Å². The van der Waals surface area contributed by atoms with Gasteiger partial charge in [0.15, 0.2) is 5.69 Å². The van der Waals surface area contributed by atoms with Crippen molar-refractivity contribution in [2.24, 2.45) is 5.10 Å². The van der Waals surface area contributed by atoms with Crippen LogP contribution in [0.4, 0.5) is 11.5 Å². The first-order valence-electron chi connectivity index (χ1n) is 11.5. The molecule has 2 aromatic carbocycles. The summed E-state index contributed by atoms with van der Waals surface area (Å²) >= 11 is 0. The summed E-state index contributed by atoms with van der Waals surface area (Å²) in [5.41, 5.74) is 14.8. The predicted molar refractivity (Wildman–Crippen MR) is 128 cm³/mol. The second-order valence-electron chi connectivity index (χ2n) is 8.58. The molecule has 0 unspecified atom stereocenters. The van der Waals surface area contributed by atoms with Gasteiger partial charge in [-0.2, -0.15) is 9.78 Å². The van der Waals surface area contributed by atoms with Gasteiger partial charge in [-0.15, -0.1) is 5.10 Å². The summed E-state index contributed by atoms with van der Waals surface area (Å²) in [6.07, 6.45) is 3.68. The summed E-state index contributed by atoms with van der Waals surface area (Å²) < 4.78 is 6.18. The number of amides is 1. The molecule has 11 heteroatoms. The van der Waals surface area contributed by atoms with E-state index in [-0.39, 0.29) is 17.3 Å². The molecule has 2 aromatic heterocycles. The monoisotopic (exact) mass is 469 g/mol. The lowest BCUT2D eigenvalue weighted by atomic mass is 10.0. The molecule has 3 N–H and O–H groups in total. The van der Waals surface area contributed by atoms with Crippen molar-refractivity contribution in [3.05, 3.63) is 76.6 Å². The Kier molecular flexibility index (Phi) is 5.21. The number of para-hydroxylation sites is 1. The fourth-order valence-electron chi connectivity index (χ4n) is 4.78. The van der Waals surface area contributed by atoms with Crippen molar-refractivity contribution in [2.45, 2.75) is 32.2 Å². The molecule has 0 saturated heterocycles. The Balaban J connectivity index is 1.34.